The second-order valence-electron chi connectivity index (χ2n) is 4.72. The molecule has 0 aliphatic carbocycles. The van der Waals surface area contributed by atoms with Gasteiger partial charge >= 0.3 is 0 Å². The number of likely N-dealkylation sites (tertiary alicyclic amines) is 1. The number of pyridine rings is 1. The van der Waals surface area contributed by atoms with Crippen LogP contribution in [0.1, 0.15) is 18.4 Å². The highest BCUT2D eigenvalue weighted by molar-refractivity contribution is 5.58. The summed E-state index contributed by atoms with van der Waals surface area (Å²) in [7, 11) is 1.97. The summed E-state index contributed by atoms with van der Waals surface area (Å²) in [6, 6.07) is 3.82. The summed E-state index contributed by atoms with van der Waals surface area (Å²) in [5.41, 5.74) is 6.71. The van der Waals surface area contributed by atoms with Crippen molar-refractivity contribution < 1.29 is 0 Å². The molecular weight excluding hydrogens is 226 g/mol. The third-order valence-electron chi connectivity index (χ3n) is 3.32. The number of likely N-dealkylation sites (N-methyl/N-ethyl adjacent to an activating group) is 1. The zero-order chi connectivity index (χ0) is 13.0. The van der Waals surface area contributed by atoms with E-state index in [2.05, 4.69) is 16.0 Å². The summed E-state index contributed by atoms with van der Waals surface area (Å²) in [6.45, 7) is 4.28. The topological polar surface area (TPSA) is 69.2 Å². The number of nitrogens with zero attached hydrogens (tertiary/aromatic N) is 4. The molecule has 0 radical (unpaired) electrons. The van der Waals surface area contributed by atoms with Crippen molar-refractivity contribution in [3.8, 4) is 6.07 Å². The number of hydrogen-bond acceptors (Lipinski definition) is 5. The Labute approximate surface area is 108 Å². The molecule has 1 fully saturated rings. The molecule has 1 aliphatic rings. The number of hydrogen-bond donors (Lipinski definition) is 1. The van der Waals surface area contributed by atoms with Crippen molar-refractivity contribution in [2.75, 3.05) is 43.9 Å². The van der Waals surface area contributed by atoms with Crippen LogP contribution in [-0.4, -0.2) is 43.1 Å². The van der Waals surface area contributed by atoms with Gasteiger partial charge in [-0.15, -0.1) is 0 Å². The molecule has 1 aromatic rings. The van der Waals surface area contributed by atoms with Crippen LogP contribution >= 0.6 is 0 Å². The van der Waals surface area contributed by atoms with Crippen LogP contribution in [0, 0.1) is 11.3 Å². The van der Waals surface area contributed by atoms with Crippen molar-refractivity contribution >= 4 is 11.5 Å². The fraction of sp³-hybridized carbons (Fsp3) is 0.538. The van der Waals surface area contributed by atoms with Crippen LogP contribution < -0.4 is 10.6 Å². The summed E-state index contributed by atoms with van der Waals surface area (Å²) in [5, 5.41) is 9.09. The second-order valence-corrected chi connectivity index (χ2v) is 4.72. The van der Waals surface area contributed by atoms with Gasteiger partial charge in [0.25, 0.3) is 0 Å². The van der Waals surface area contributed by atoms with E-state index in [0.29, 0.717) is 17.1 Å². The number of anilines is 2. The van der Waals surface area contributed by atoms with E-state index < -0.39 is 0 Å². The van der Waals surface area contributed by atoms with Gasteiger partial charge in [-0.25, -0.2) is 4.98 Å². The van der Waals surface area contributed by atoms with E-state index in [0.717, 1.165) is 13.1 Å². The highest BCUT2D eigenvalue weighted by Gasteiger charge is 2.14. The summed E-state index contributed by atoms with van der Waals surface area (Å²) < 4.78 is 0. The Morgan fingerprint density at radius 1 is 1.50 bits per heavy atom. The average Bonchev–Trinajstić information content (AvgIpc) is 2.88. The molecule has 2 heterocycles. The second kappa shape index (κ2) is 5.69. The predicted octanol–water partition coefficient (Wildman–Crippen LogP) is 1.07. The Morgan fingerprint density at radius 2 is 2.22 bits per heavy atom. The van der Waals surface area contributed by atoms with Gasteiger partial charge in [0.15, 0.2) is 0 Å². The number of nitriles is 1. The Kier molecular flexibility index (Phi) is 4.00. The van der Waals surface area contributed by atoms with E-state index in [-0.39, 0.29) is 0 Å². The molecule has 18 heavy (non-hydrogen) atoms. The van der Waals surface area contributed by atoms with Gasteiger partial charge in [0.2, 0.25) is 0 Å². The Bertz CT molecular complexity index is 445. The van der Waals surface area contributed by atoms with Crippen LogP contribution in [0.4, 0.5) is 11.5 Å². The maximum absolute atomic E-state index is 9.09. The lowest BCUT2D eigenvalue weighted by Crippen LogP contribution is -2.32. The highest BCUT2D eigenvalue weighted by Crippen LogP contribution is 2.18. The largest absolute Gasteiger partial charge is 0.397 e. The molecule has 0 unspecified atom stereocenters. The molecule has 0 spiro atoms. The van der Waals surface area contributed by atoms with E-state index in [4.69, 9.17) is 11.0 Å². The monoisotopic (exact) mass is 245 g/mol. The van der Waals surface area contributed by atoms with E-state index >= 15 is 0 Å². The summed E-state index contributed by atoms with van der Waals surface area (Å²) in [6.07, 6.45) is 4.20. The van der Waals surface area contributed by atoms with Crippen LogP contribution in [-0.2, 0) is 0 Å². The van der Waals surface area contributed by atoms with Gasteiger partial charge in [0, 0.05) is 20.1 Å². The zero-order valence-electron chi connectivity index (χ0n) is 10.8. The highest BCUT2D eigenvalue weighted by atomic mass is 15.2. The summed E-state index contributed by atoms with van der Waals surface area (Å²) >= 11 is 0. The minimum atomic E-state index is 0.531. The van der Waals surface area contributed by atoms with Crippen LogP contribution in [0.3, 0.4) is 0 Å². The first-order valence-electron chi connectivity index (χ1n) is 6.30. The van der Waals surface area contributed by atoms with Gasteiger partial charge < -0.3 is 15.5 Å². The maximum Gasteiger partial charge on any atom is 0.146 e. The molecule has 0 saturated carbocycles. The smallest absolute Gasteiger partial charge is 0.146 e. The number of nitrogen functional groups attached to an aromatic ring is 1. The quantitative estimate of drug-likeness (QED) is 0.859. The van der Waals surface area contributed by atoms with Crippen molar-refractivity contribution in [3.63, 3.8) is 0 Å². The van der Waals surface area contributed by atoms with Gasteiger partial charge in [-0.2, -0.15) is 5.26 Å². The Hall–Kier alpha value is -1.80. The Morgan fingerprint density at radius 3 is 2.89 bits per heavy atom. The number of rotatable bonds is 4. The van der Waals surface area contributed by atoms with Crippen molar-refractivity contribution in [1.29, 1.82) is 5.26 Å². The molecule has 0 atom stereocenters. The molecule has 0 amide bonds. The fourth-order valence-corrected chi connectivity index (χ4v) is 2.26. The van der Waals surface area contributed by atoms with E-state index in [9.17, 15) is 0 Å². The van der Waals surface area contributed by atoms with Crippen LogP contribution in [0.5, 0.6) is 0 Å². The molecule has 1 saturated heterocycles. The van der Waals surface area contributed by atoms with E-state index in [1.165, 1.54) is 25.9 Å². The number of aromatic nitrogens is 1. The lowest BCUT2D eigenvalue weighted by molar-refractivity contribution is 0.346. The fourth-order valence-electron chi connectivity index (χ4n) is 2.26. The van der Waals surface area contributed by atoms with Gasteiger partial charge in [-0.1, -0.05) is 0 Å². The first-order valence-corrected chi connectivity index (χ1v) is 6.30. The molecule has 0 bridgehead atoms. The van der Waals surface area contributed by atoms with Crippen molar-refractivity contribution in [2.24, 2.45) is 0 Å². The molecule has 5 heteroatoms. The summed E-state index contributed by atoms with van der Waals surface area (Å²) in [4.78, 5) is 8.72. The van der Waals surface area contributed by atoms with Crippen molar-refractivity contribution in [2.45, 2.75) is 12.8 Å². The van der Waals surface area contributed by atoms with Gasteiger partial charge in [-0.05, 0) is 32.0 Å². The molecule has 5 nitrogen and oxygen atoms in total. The van der Waals surface area contributed by atoms with Crippen LogP contribution in [0.2, 0.25) is 0 Å². The maximum atomic E-state index is 9.09. The Balaban J connectivity index is 1.99. The van der Waals surface area contributed by atoms with E-state index in [1.807, 2.05) is 11.9 Å². The standard InChI is InChI=1S/C13H19N5/c1-17(6-7-18-4-2-3-5-18)13-11(9-14)8-12(15)10-16-13/h8,10H,2-7,15H2,1H3. The molecule has 2 N–H and O–H groups in total. The van der Waals surface area contributed by atoms with Crippen molar-refractivity contribution in [3.05, 3.63) is 17.8 Å². The lowest BCUT2D eigenvalue weighted by atomic mass is 10.2. The van der Waals surface area contributed by atoms with Gasteiger partial charge in [-0.3, -0.25) is 0 Å². The van der Waals surface area contributed by atoms with Crippen LogP contribution in [0.15, 0.2) is 12.3 Å². The van der Waals surface area contributed by atoms with Gasteiger partial charge in [0.05, 0.1) is 17.4 Å². The molecular formula is C13H19N5. The third kappa shape index (κ3) is 2.90. The zero-order valence-corrected chi connectivity index (χ0v) is 10.8. The molecule has 96 valence electrons. The minimum absolute atomic E-state index is 0.531. The predicted molar refractivity (Wildman–Crippen MR) is 72.3 cm³/mol. The molecule has 1 aromatic heterocycles. The normalized spacial score (nSPS) is 15.6. The van der Waals surface area contributed by atoms with E-state index in [1.54, 1.807) is 12.3 Å². The molecule has 2 rings (SSSR count). The first-order chi connectivity index (χ1) is 8.70. The lowest BCUT2D eigenvalue weighted by Gasteiger charge is -2.23. The number of nitrogens with two attached hydrogens (primary N) is 1. The van der Waals surface area contributed by atoms with Gasteiger partial charge in [0.1, 0.15) is 11.9 Å². The summed E-state index contributed by atoms with van der Waals surface area (Å²) in [5.74, 6) is 0.714. The third-order valence-corrected chi connectivity index (χ3v) is 3.32. The SMILES string of the molecule is CN(CCN1CCCC1)c1ncc(N)cc1C#N. The molecule has 0 aromatic carbocycles. The minimum Gasteiger partial charge on any atom is -0.397 e. The van der Waals surface area contributed by atoms with Crippen LogP contribution in [0.25, 0.3) is 0 Å². The average molecular weight is 245 g/mol. The molecule has 1 aliphatic heterocycles. The van der Waals surface area contributed by atoms with Crippen molar-refractivity contribution in [1.82, 2.24) is 9.88 Å². The first kappa shape index (κ1) is 12.7.